The predicted molar refractivity (Wildman–Crippen MR) is 53.5 cm³/mol. The van der Waals surface area contributed by atoms with Crippen LogP contribution in [0.3, 0.4) is 0 Å². The zero-order valence-corrected chi connectivity index (χ0v) is 8.65. The summed E-state index contributed by atoms with van der Waals surface area (Å²) in [5.41, 5.74) is 2.39. The van der Waals surface area contributed by atoms with Crippen molar-refractivity contribution in [1.29, 1.82) is 0 Å². The number of rotatable bonds is 4. The summed E-state index contributed by atoms with van der Waals surface area (Å²) in [5, 5.41) is 3.29. The number of hydrogen-bond donors (Lipinski definition) is 2. The fourth-order valence-corrected chi connectivity index (χ4v) is 2.12. The summed E-state index contributed by atoms with van der Waals surface area (Å²) in [5.74, 6) is 2.12. The van der Waals surface area contributed by atoms with Crippen LogP contribution in [0.15, 0.2) is 0 Å². The summed E-state index contributed by atoms with van der Waals surface area (Å²) in [6, 6.07) is 0.305. The number of hydroxylamine groups is 1. The quantitative estimate of drug-likeness (QED) is 0.640. The van der Waals surface area contributed by atoms with Crippen LogP contribution in [0.25, 0.3) is 0 Å². The Morgan fingerprint density at radius 3 is 3.23 bits per heavy atom. The van der Waals surface area contributed by atoms with Crippen LogP contribution in [0.2, 0.25) is 0 Å². The zero-order valence-electron chi connectivity index (χ0n) is 7.84. The van der Waals surface area contributed by atoms with E-state index in [1.165, 1.54) is 0 Å². The van der Waals surface area contributed by atoms with E-state index in [1.54, 1.807) is 0 Å². The van der Waals surface area contributed by atoms with Gasteiger partial charge in [0.05, 0.1) is 6.61 Å². The van der Waals surface area contributed by atoms with Gasteiger partial charge in [0, 0.05) is 30.5 Å². The number of nitrogens with one attached hydrogen (secondary N) is 2. The van der Waals surface area contributed by atoms with E-state index in [0.717, 1.165) is 18.1 Å². The zero-order chi connectivity index (χ0) is 9.52. The fourth-order valence-electron chi connectivity index (χ4n) is 1.17. The van der Waals surface area contributed by atoms with Crippen molar-refractivity contribution in [1.82, 2.24) is 10.8 Å². The molecule has 0 aromatic rings. The van der Waals surface area contributed by atoms with Gasteiger partial charge in [-0.1, -0.05) is 0 Å². The molecule has 2 N–H and O–H groups in total. The molecule has 0 saturated carbocycles. The molecule has 13 heavy (non-hydrogen) atoms. The first kappa shape index (κ1) is 10.8. The Morgan fingerprint density at radius 1 is 1.77 bits per heavy atom. The molecule has 1 saturated heterocycles. The molecule has 0 spiro atoms. The second kappa shape index (κ2) is 6.23. The standard InChI is InChI=1S/C8H16N2O2S/c1-2-12-10-8(11)5-7-6-13-4-3-9-7/h7,9H,2-6H2,1H3,(H,10,11). The van der Waals surface area contributed by atoms with Crippen molar-refractivity contribution in [3.05, 3.63) is 0 Å². The molecule has 76 valence electrons. The normalized spacial score (nSPS) is 22.7. The van der Waals surface area contributed by atoms with E-state index in [0.29, 0.717) is 19.1 Å². The number of carbonyl (C=O) groups excluding carboxylic acids is 1. The van der Waals surface area contributed by atoms with Crippen LogP contribution in [0.1, 0.15) is 13.3 Å². The van der Waals surface area contributed by atoms with E-state index in [2.05, 4.69) is 10.8 Å². The van der Waals surface area contributed by atoms with Crippen molar-refractivity contribution in [2.45, 2.75) is 19.4 Å². The Bertz CT molecular complexity index is 160. The lowest BCUT2D eigenvalue weighted by Crippen LogP contribution is -2.41. The maximum Gasteiger partial charge on any atom is 0.245 e. The smallest absolute Gasteiger partial charge is 0.245 e. The number of thioether (sulfide) groups is 1. The minimum absolute atomic E-state index is 0.0400. The van der Waals surface area contributed by atoms with E-state index in [1.807, 2.05) is 18.7 Å². The molecular weight excluding hydrogens is 188 g/mol. The van der Waals surface area contributed by atoms with Gasteiger partial charge in [-0.25, -0.2) is 5.48 Å². The van der Waals surface area contributed by atoms with Gasteiger partial charge in [0.2, 0.25) is 5.91 Å². The molecule has 5 heteroatoms. The highest BCUT2D eigenvalue weighted by atomic mass is 32.2. The molecule has 0 radical (unpaired) electrons. The molecule has 1 heterocycles. The van der Waals surface area contributed by atoms with Crippen LogP contribution in [-0.2, 0) is 9.63 Å². The molecule has 0 aliphatic carbocycles. The van der Waals surface area contributed by atoms with Crippen LogP contribution in [0.5, 0.6) is 0 Å². The Hall–Kier alpha value is -0.260. The second-order valence-corrected chi connectivity index (χ2v) is 4.04. The highest BCUT2D eigenvalue weighted by molar-refractivity contribution is 7.99. The topological polar surface area (TPSA) is 50.4 Å². The summed E-state index contributed by atoms with van der Waals surface area (Å²) in [4.78, 5) is 16.0. The van der Waals surface area contributed by atoms with Crippen LogP contribution < -0.4 is 10.8 Å². The Kier molecular flexibility index (Phi) is 5.19. The molecule has 0 aromatic heterocycles. The molecule has 1 amide bonds. The molecule has 4 nitrogen and oxygen atoms in total. The van der Waals surface area contributed by atoms with Gasteiger partial charge in [0.1, 0.15) is 0 Å². The van der Waals surface area contributed by atoms with Gasteiger partial charge in [0.25, 0.3) is 0 Å². The van der Waals surface area contributed by atoms with Gasteiger partial charge in [-0.05, 0) is 6.92 Å². The monoisotopic (exact) mass is 204 g/mol. The second-order valence-electron chi connectivity index (χ2n) is 2.89. The third kappa shape index (κ3) is 4.50. The van der Waals surface area contributed by atoms with Crippen molar-refractivity contribution in [3.63, 3.8) is 0 Å². The summed E-state index contributed by atoms with van der Waals surface area (Å²) in [6.07, 6.45) is 0.507. The van der Waals surface area contributed by atoms with Crippen molar-refractivity contribution in [3.8, 4) is 0 Å². The summed E-state index contributed by atoms with van der Waals surface area (Å²) in [6.45, 7) is 3.35. The lowest BCUT2D eigenvalue weighted by atomic mass is 10.2. The van der Waals surface area contributed by atoms with Crippen LogP contribution in [-0.4, -0.2) is 36.6 Å². The van der Waals surface area contributed by atoms with Gasteiger partial charge < -0.3 is 5.32 Å². The maximum atomic E-state index is 11.2. The van der Waals surface area contributed by atoms with Crippen molar-refractivity contribution < 1.29 is 9.63 Å². The highest BCUT2D eigenvalue weighted by Crippen LogP contribution is 2.09. The number of hydrogen-bond acceptors (Lipinski definition) is 4. The molecule has 0 aromatic carbocycles. The molecule has 1 unspecified atom stereocenters. The fraction of sp³-hybridized carbons (Fsp3) is 0.875. The van der Waals surface area contributed by atoms with Gasteiger partial charge in [-0.3, -0.25) is 9.63 Å². The molecular formula is C8H16N2O2S. The molecule has 1 rings (SSSR count). The highest BCUT2D eigenvalue weighted by Gasteiger charge is 2.16. The van der Waals surface area contributed by atoms with E-state index < -0.39 is 0 Å². The lowest BCUT2D eigenvalue weighted by molar-refractivity contribution is -0.133. The third-order valence-electron chi connectivity index (χ3n) is 1.76. The summed E-state index contributed by atoms with van der Waals surface area (Å²) < 4.78 is 0. The third-order valence-corrected chi connectivity index (χ3v) is 2.89. The molecule has 1 aliphatic heterocycles. The SMILES string of the molecule is CCONC(=O)CC1CSCCN1. The van der Waals surface area contributed by atoms with Gasteiger partial charge >= 0.3 is 0 Å². The van der Waals surface area contributed by atoms with E-state index in [4.69, 9.17) is 4.84 Å². The van der Waals surface area contributed by atoms with Crippen LogP contribution >= 0.6 is 11.8 Å². The van der Waals surface area contributed by atoms with Gasteiger partial charge in [-0.15, -0.1) is 0 Å². The van der Waals surface area contributed by atoms with Crippen LogP contribution in [0, 0.1) is 0 Å². The Morgan fingerprint density at radius 2 is 2.62 bits per heavy atom. The van der Waals surface area contributed by atoms with Gasteiger partial charge in [-0.2, -0.15) is 11.8 Å². The summed E-state index contributed by atoms with van der Waals surface area (Å²) in [7, 11) is 0. The van der Waals surface area contributed by atoms with Crippen LogP contribution in [0.4, 0.5) is 0 Å². The summed E-state index contributed by atoms with van der Waals surface area (Å²) >= 11 is 1.89. The first-order chi connectivity index (χ1) is 6.33. The molecule has 0 bridgehead atoms. The maximum absolute atomic E-state index is 11.2. The molecule has 1 fully saturated rings. The Balaban J connectivity index is 2.11. The van der Waals surface area contributed by atoms with E-state index in [9.17, 15) is 4.79 Å². The number of amides is 1. The van der Waals surface area contributed by atoms with E-state index >= 15 is 0 Å². The Labute approximate surface area is 82.7 Å². The first-order valence-corrected chi connectivity index (χ1v) is 5.70. The minimum Gasteiger partial charge on any atom is -0.312 e. The average molecular weight is 204 g/mol. The molecule has 1 aliphatic rings. The predicted octanol–water partition coefficient (Wildman–Crippen LogP) is 0.149. The van der Waals surface area contributed by atoms with E-state index in [-0.39, 0.29) is 5.91 Å². The first-order valence-electron chi connectivity index (χ1n) is 4.54. The average Bonchev–Trinajstić information content (AvgIpc) is 2.16. The molecule has 1 atom stereocenters. The van der Waals surface area contributed by atoms with Gasteiger partial charge in [0.15, 0.2) is 0 Å². The van der Waals surface area contributed by atoms with Crippen molar-refractivity contribution in [2.24, 2.45) is 0 Å². The van der Waals surface area contributed by atoms with Crippen molar-refractivity contribution >= 4 is 17.7 Å². The largest absolute Gasteiger partial charge is 0.312 e. The lowest BCUT2D eigenvalue weighted by Gasteiger charge is -2.22. The minimum atomic E-state index is -0.0400. The van der Waals surface area contributed by atoms with Crippen molar-refractivity contribution in [2.75, 3.05) is 24.7 Å². The number of carbonyl (C=O) groups is 1.